The number of rotatable bonds is 14. The smallest absolute Gasteiger partial charge is 0.270 e. The number of hydrogen-bond acceptors (Lipinski definition) is 6. The molecule has 51 heavy (non-hydrogen) atoms. The van der Waals surface area contributed by atoms with Gasteiger partial charge in [0.05, 0.1) is 0 Å². The highest BCUT2D eigenvalue weighted by Crippen LogP contribution is 2.37. The second-order valence-corrected chi connectivity index (χ2v) is 13.5. The number of halogens is 2. The average Bonchev–Trinajstić information content (AvgIpc) is 3.63. The Hall–Kier alpha value is -4.65. The molecule has 0 bridgehead atoms. The lowest BCUT2D eigenvalue weighted by molar-refractivity contribution is -0.138. The lowest BCUT2D eigenvalue weighted by Gasteiger charge is -2.36. The molecule has 2 fully saturated rings. The SMILES string of the molecule is CCC(=O)NC(Cc1ccc(CNC(=O)[C@@H](NC(=O)c2ccnn2CC)C2CCC(F)(F)CC2)cc1)C(=O)N1CCN(Cc2ccccc2)CC1. The van der Waals surface area contributed by atoms with Crippen LogP contribution in [-0.4, -0.2) is 87.4 Å². The van der Waals surface area contributed by atoms with Gasteiger partial charge in [-0.15, -0.1) is 0 Å². The quantitative estimate of drug-likeness (QED) is 0.233. The molecule has 2 aliphatic rings. The topological polar surface area (TPSA) is 129 Å². The van der Waals surface area contributed by atoms with Crippen molar-refractivity contribution in [3.63, 3.8) is 0 Å². The van der Waals surface area contributed by atoms with Crippen LogP contribution in [0.1, 0.15) is 73.1 Å². The van der Waals surface area contributed by atoms with Gasteiger partial charge in [-0.1, -0.05) is 61.5 Å². The zero-order chi connectivity index (χ0) is 36.4. The van der Waals surface area contributed by atoms with E-state index in [2.05, 4.69) is 38.1 Å². The summed E-state index contributed by atoms with van der Waals surface area (Å²) < 4.78 is 29.4. The maximum absolute atomic E-state index is 14.0. The lowest BCUT2D eigenvalue weighted by atomic mass is 9.81. The Kier molecular flexibility index (Phi) is 12.9. The molecule has 1 aliphatic heterocycles. The van der Waals surface area contributed by atoms with E-state index in [1.807, 2.05) is 54.3 Å². The summed E-state index contributed by atoms with van der Waals surface area (Å²) in [6.07, 6.45) is 1.64. The van der Waals surface area contributed by atoms with Crippen LogP contribution in [0.5, 0.6) is 0 Å². The van der Waals surface area contributed by atoms with Crippen LogP contribution >= 0.6 is 0 Å². The van der Waals surface area contributed by atoms with Gasteiger partial charge in [0.2, 0.25) is 23.6 Å². The zero-order valence-corrected chi connectivity index (χ0v) is 29.5. The molecule has 2 heterocycles. The molecule has 274 valence electrons. The van der Waals surface area contributed by atoms with Crippen molar-refractivity contribution in [2.45, 2.75) is 90.0 Å². The molecule has 4 amide bonds. The number of amides is 4. The first kappa shape index (κ1) is 37.6. The van der Waals surface area contributed by atoms with Gasteiger partial charge in [-0.3, -0.25) is 28.8 Å². The molecule has 1 saturated heterocycles. The normalized spacial score (nSPS) is 17.7. The van der Waals surface area contributed by atoms with Crippen LogP contribution in [0.15, 0.2) is 66.9 Å². The van der Waals surface area contributed by atoms with Gasteiger partial charge < -0.3 is 20.9 Å². The number of nitrogens with zero attached hydrogens (tertiary/aromatic N) is 4. The molecule has 2 atom stereocenters. The third-order valence-corrected chi connectivity index (χ3v) is 9.87. The van der Waals surface area contributed by atoms with E-state index in [4.69, 9.17) is 0 Å². The molecule has 11 nitrogen and oxygen atoms in total. The van der Waals surface area contributed by atoms with Gasteiger partial charge in [-0.2, -0.15) is 5.10 Å². The summed E-state index contributed by atoms with van der Waals surface area (Å²) in [5, 5.41) is 12.7. The minimum absolute atomic E-state index is 0.108. The number of carbonyl (C=O) groups excluding carboxylic acids is 4. The van der Waals surface area contributed by atoms with Crippen molar-refractivity contribution in [2.24, 2.45) is 5.92 Å². The summed E-state index contributed by atoms with van der Waals surface area (Å²) in [7, 11) is 0. The second kappa shape index (κ2) is 17.5. The third kappa shape index (κ3) is 10.4. The van der Waals surface area contributed by atoms with Crippen molar-refractivity contribution in [1.82, 2.24) is 35.5 Å². The van der Waals surface area contributed by atoms with Crippen LogP contribution in [-0.2, 0) is 40.4 Å². The fourth-order valence-electron chi connectivity index (χ4n) is 6.80. The van der Waals surface area contributed by atoms with E-state index in [1.54, 1.807) is 13.0 Å². The summed E-state index contributed by atoms with van der Waals surface area (Å²) in [4.78, 5) is 56.8. The highest BCUT2D eigenvalue weighted by Gasteiger charge is 2.40. The van der Waals surface area contributed by atoms with Gasteiger partial charge in [-0.05, 0) is 48.4 Å². The predicted molar refractivity (Wildman–Crippen MR) is 189 cm³/mol. The van der Waals surface area contributed by atoms with Gasteiger partial charge in [0.15, 0.2) is 0 Å². The average molecular weight is 706 g/mol. The van der Waals surface area contributed by atoms with E-state index < -0.39 is 35.7 Å². The standard InChI is InChI=1S/C38H49F2N7O4/c1-3-33(48)43-31(37(51)46-22-20-45(21-23-46)26-29-8-6-5-7-9-29)24-27-10-12-28(13-11-27)25-41-36(50)34(30-14-17-38(39,40)18-15-30)44-35(49)32-16-19-42-47(32)4-2/h5-13,16,19,30-31,34H,3-4,14-15,17-18,20-26H2,1-2H3,(H,41,50)(H,43,48)(H,44,49)/t31?,34-/m0/s1. The maximum Gasteiger partial charge on any atom is 0.270 e. The first-order chi connectivity index (χ1) is 24.5. The molecule has 5 rings (SSSR count). The molecule has 1 aliphatic carbocycles. The summed E-state index contributed by atoms with van der Waals surface area (Å²) in [6, 6.07) is 17.5. The predicted octanol–water partition coefficient (Wildman–Crippen LogP) is 3.93. The van der Waals surface area contributed by atoms with Crippen molar-refractivity contribution in [3.05, 3.63) is 89.2 Å². The number of piperazine rings is 1. The van der Waals surface area contributed by atoms with Crippen molar-refractivity contribution in [2.75, 3.05) is 26.2 Å². The van der Waals surface area contributed by atoms with E-state index in [1.165, 1.54) is 16.4 Å². The van der Waals surface area contributed by atoms with Crippen LogP contribution in [0.2, 0.25) is 0 Å². The Morgan fingerprint density at radius 1 is 0.863 bits per heavy atom. The van der Waals surface area contributed by atoms with E-state index in [-0.39, 0.29) is 50.5 Å². The minimum atomic E-state index is -2.77. The van der Waals surface area contributed by atoms with E-state index in [0.29, 0.717) is 31.7 Å². The minimum Gasteiger partial charge on any atom is -0.350 e. The maximum atomic E-state index is 14.0. The molecule has 0 radical (unpaired) electrons. The Morgan fingerprint density at radius 3 is 2.18 bits per heavy atom. The van der Waals surface area contributed by atoms with Crippen LogP contribution in [0.3, 0.4) is 0 Å². The molecule has 1 unspecified atom stereocenters. The number of hydrogen-bond donors (Lipinski definition) is 3. The molecule has 2 aromatic carbocycles. The summed E-state index contributed by atoms with van der Waals surface area (Å²) in [6.45, 7) is 7.69. The first-order valence-corrected chi connectivity index (χ1v) is 18.0. The highest BCUT2D eigenvalue weighted by atomic mass is 19.3. The summed E-state index contributed by atoms with van der Waals surface area (Å²) >= 11 is 0. The monoisotopic (exact) mass is 705 g/mol. The first-order valence-electron chi connectivity index (χ1n) is 18.0. The van der Waals surface area contributed by atoms with Gasteiger partial charge in [0.1, 0.15) is 17.8 Å². The van der Waals surface area contributed by atoms with E-state index >= 15 is 0 Å². The molecular formula is C38H49F2N7O4. The molecule has 0 spiro atoms. The largest absolute Gasteiger partial charge is 0.350 e. The van der Waals surface area contributed by atoms with E-state index in [9.17, 15) is 28.0 Å². The molecule has 1 saturated carbocycles. The van der Waals surface area contributed by atoms with Gasteiger partial charge in [-0.25, -0.2) is 8.78 Å². The lowest BCUT2D eigenvalue weighted by Crippen LogP contribution is -2.55. The molecular weight excluding hydrogens is 656 g/mol. The number of carbonyl (C=O) groups is 4. The van der Waals surface area contributed by atoms with Gasteiger partial charge in [0, 0.05) is 77.7 Å². The fraction of sp³-hybridized carbons (Fsp3) is 0.500. The number of aromatic nitrogens is 2. The summed E-state index contributed by atoms with van der Waals surface area (Å²) in [5.74, 6) is -4.44. The molecule has 13 heteroatoms. The van der Waals surface area contributed by atoms with Crippen molar-refractivity contribution >= 4 is 23.6 Å². The second-order valence-electron chi connectivity index (χ2n) is 13.5. The zero-order valence-electron chi connectivity index (χ0n) is 29.5. The fourth-order valence-corrected chi connectivity index (χ4v) is 6.80. The van der Waals surface area contributed by atoms with Crippen LogP contribution in [0.25, 0.3) is 0 Å². The van der Waals surface area contributed by atoms with Crippen LogP contribution < -0.4 is 16.0 Å². The number of nitrogens with one attached hydrogen (secondary N) is 3. The Morgan fingerprint density at radius 2 is 1.53 bits per heavy atom. The van der Waals surface area contributed by atoms with Crippen LogP contribution in [0.4, 0.5) is 8.78 Å². The highest BCUT2D eigenvalue weighted by molar-refractivity contribution is 5.96. The molecule has 3 N–H and O–H groups in total. The number of benzene rings is 2. The van der Waals surface area contributed by atoms with Crippen molar-refractivity contribution in [3.8, 4) is 0 Å². The Labute approximate surface area is 298 Å². The van der Waals surface area contributed by atoms with Gasteiger partial charge in [0.25, 0.3) is 5.91 Å². The summed E-state index contributed by atoms with van der Waals surface area (Å²) in [5.41, 5.74) is 3.16. The van der Waals surface area contributed by atoms with E-state index in [0.717, 1.165) is 30.8 Å². The van der Waals surface area contributed by atoms with Crippen molar-refractivity contribution in [1.29, 1.82) is 0 Å². The Bertz CT molecular complexity index is 1610. The third-order valence-electron chi connectivity index (χ3n) is 9.87. The van der Waals surface area contributed by atoms with Crippen molar-refractivity contribution < 1.29 is 28.0 Å². The van der Waals surface area contributed by atoms with Gasteiger partial charge >= 0.3 is 0 Å². The molecule has 3 aromatic rings. The number of alkyl halides is 2. The Balaban J connectivity index is 1.18. The van der Waals surface area contributed by atoms with Crippen LogP contribution in [0, 0.1) is 5.92 Å². The number of aryl methyl sites for hydroxylation is 1. The molecule has 1 aromatic heterocycles.